The molecule has 20 heavy (non-hydrogen) atoms. The van der Waals surface area contributed by atoms with Crippen molar-refractivity contribution in [3.8, 4) is 5.88 Å². The zero-order valence-corrected chi connectivity index (χ0v) is 13.2. The number of rotatable bonds is 6. The summed E-state index contributed by atoms with van der Waals surface area (Å²) < 4.78 is 11.7. The second-order valence-corrected chi connectivity index (χ2v) is 5.39. The Labute approximate surface area is 125 Å². The summed E-state index contributed by atoms with van der Waals surface area (Å²) in [7, 11) is 1.50. The lowest BCUT2D eigenvalue weighted by Gasteiger charge is -2.19. The van der Waals surface area contributed by atoms with Gasteiger partial charge in [0.15, 0.2) is 0 Å². The number of aromatic nitrogens is 1. The maximum absolute atomic E-state index is 11.9. The predicted octanol–water partition coefficient (Wildman–Crippen LogP) is 2.60. The number of esters is 1. The monoisotopic (exact) mass is 344 g/mol. The first-order chi connectivity index (χ1) is 9.54. The van der Waals surface area contributed by atoms with E-state index in [-0.39, 0.29) is 5.97 Å². The fraction of sp³-hybridized carbons (Fsp3) is 0.538. The molecule has 7 heteroatoms. The molecule has 1 heterocycles. The maximum atomic E-state index is 11.9. The Bertz CT molecular complexity index is 517. The van der Waals surface area contributed by atoms with Gasteiger partial charge in [0.25, 0.3) is 0 Å². The van der Waals surface area contributed by atoms with Crippen LogP contribution in [0, 0.1) is 6.92 Å². The Morgan fingerprint density at radius 1 is 1.55 bits per heavy atom. The quantitative estimate of drug-likeness (QED) is 0.631. The third kappa shape index (κ3) is 2.88. The van der Waals surface area contributed by atoms with Crippen LogP contribution in [-0.4, -0.2) is 30.3 Å². The van der Waals surface area contributed by atoms with Crippen molar-refractivity contribution in [3.05, 3.63) is 16.2 Å². The van der Waals surface area contributed by atoms with Gasteiger partial charge < -0.3 is 9.47 Å². The zero-order valence-electron chi connectivity index (χ0n) is 11.7. The average Bonchev–Trinajstić information content (AvgIpc) is 3.20. The molecule has 6 nitrogen and oxygen atoms in total. The molecule has 110 valence electrons. The highest BCUT2D eigenvalue weighted by atomic mass is 79.9. The molecule has 2 rings (SSSR count). The Kier molecular flexibility index (Phi) is 4.49. The second kappa shape index (κ2) is 5.97. The van der Waals surface area contributed by atoms with Crippen LogP contribution in [0.4, 0.5) is 5.69 Å². The van der Waals surface area contributed by atoms with E-state index in [1.165, 1.54) is 7.11 Å². The van der Waals surface area contributed by atoms with Crippen molar-refractivity contribution in [2.45, 2.75) is 32.3 Å². The van der Waals surface area contributed by atoms with Gasteiger partial charge in [-0.1, -0.05) is 0 Å². The molecule has 1 aromatic rings. The lowest BCUT2D eigenvalue weighted by molar-refractivity contribution is -0.153. The summed E-state index contributed by atoms with van der Waals surface area (Å²) in [6, 6.07) is 0. The molecule has 1 aliphatic rings. The topological polar surface area (TPSA) is 69.7 Å². The van der Waals surface area contributed by atoms with Gasteiger partial charge in [-0.2, -0.15) is 0 Å². The van der Waals surface area contributed by atoms with Crippen LogP contribution >= 0.6 is 15.9 Å². The molecule has 0 aliphatic heterocycles. The second-order valence-electron chi connectivity index (χ2n) is 4.53. The van der Waals surface area contributed by atoms with Crippen LogP contribution in [0.2, 0.25) is 0 Å². The Morgan fingerprint density at radius 3 is 2.80 bits per heavy atom. The standard InChI is InChI=1S/C13H17BrN2O4/c1-4-19-12(17)13(5-6-13)20-11-10(16-18-3)8(2)9(14)7-15-11/h7,16H,4-6H2,1-3H3. The minimum atomic E-state index is -0.895. The van der Waals surface area contributed by atoms with Crippen LogP contribution in [0.15, 0.2) is 10.7 Å². The molecular weight excluding hydrogens is 328 g/mol. The molecule has 0 amide bonds. The van der Waals surface area contributed by atoms with E-state index >= 15 is 0 Å². The van der Waals surface area contributed by atoms with E-state index < -0.39 is 5.60 Å². The molecule has 0 radical (unpaired) electrons. The van der Waals surface area contributed by atoms with Crippen molar-refractivity contribution in [2.24, 2.45) is 0 Å². The number of nitrogens with one attached hydrogen (secondary N) is 1. The minimum absolute atomic E-state index is 0.332. The summed E-state index contributed by atoms with van der Waals surface area (Å²) in [6.45, 7) is 4.00. The van der Waals surface area contributed by atoms with Crippen LogP contribution in [0.5, 0.6) is 5.88 Å². The molecule has 1 N–H and O–H groups in total. The van der Waals surface area contributed by atoms with E-state index in [1.54, 1.807) is 13.1 Å². The normalized spacial score (nSPS) is 15.6. The number of halogens is 1. The molecule has 0 bridgehead atoms. The van der Waals surface area contributed by atoms with Crippen molar-refractivity contribution in [1.29, 1.82) is 0 Å². The summed E-state index contributed by atoms with van der Waals surface area (Å²) in [5.74, 6) is -0.0103. The van der Waals surface area contributed by atoms with Gasteiger partial charge in [-0.25, -0.2) is 9.78 Å². The highest BCUT2D eigenvalue weighted by Gasteiger charge is 2.55. The summed E-state index contributed by atoms with van der Waals surface area (Å²) in [5, 5.41) is 0. The fourth-order valence-corrected chi connectivity index (χ4v) is 2.07. The molecule has 0 spiro atoms. The van der Waals surface area contributed by atoms with Gasteiger partial charge in [-0.3, -0.25) is 10.3 Å². The van der Waals surface area contributed by atoms with Gasteiger partial charge in [0.2, 0.25) is 11.5 Å². The van der Waals surface area contributed by atoms with Crippen LogP contribution < -0.4 is 10.2 Å². The van der Waals surface area contributed by atoms with Crippen molar-refractivity contribution >= 4 is 27.6 Å². The lowest BCUT2D eigenvalue weighted by atomic mass is 10.2. The van der Waals surface area contributed by atoms with Crippen LogP contribution in [0.1, 0.15) is 25.3 Å². The summed E-state index contributed by atoms with van der Waals surface area (Å²) in [6.07, 6.45) is 2.90. The first kappa shape index (κ1) is 15.1. The van der Waals surface area contributed by atoms with Crippen molar-refractivity contribution < 1.29 is 19.1 Å². The summed E-state index contributed by atoms with van der Waals surface area (Å²) in [4.78, 5) is 21.1. The van der Waals surface area contributed by atoms with Gasteiger partial charge in [-0.15, -0.1) is 0 Å². The van der Waals surface area contributed by atoms with E-state index in [0.717, 1.165) is 10.0 Å². The van der Waals surface area contributed by atoms with Crippen molar-refractivity contribution in [3.63, 3.8) is 0 Å². The SMILES string of the molecule is CCOC(=O)C1(Oc2ncc(Br)c(C)c2NOC)CC1. The molecule has 0 saturated heterocycles. The van der Waals surface area contributed by atoms with E-state index in [9.17, 15) is 4.79 Å². The van der Waals surface area contributed by atoms with E-state index in [0.29, 0.717) is 31.0 Å². The third-order valence-electron chi connectivity index (χ3n) is 3.09. The zero-order chi connectivity index (χ0) is 14.8. The summed E-state index contributed by atoms with van der Waals surface area (Å²) in [5.41, 5.74) is 3.32. The van der Waals surface area contributed by atoms with E-state index in [1.807, 2.05) is 6.92 Å². The smallest absolute Gasteiger partial charge is 0.350 e. The molecule has 0 aromatic carbocycles. The fourth-order valence-electron chi connectivity index (χ4n) is 1.77. The van der Waals surface area contributed by atoms with Crippen LogP contribution in [-0.2, 0) is 14.4 Å². The highest BCUT2D eigenvalue weighted by Crippen LogP contribution is 2.43. The number of pyridine rings is 1. The van der Waals surface area contributed by atoms with Gasteiger partial charge in [0.05, 0.1) is 13.7 Å². The molecular formula is C13H17BrN2O4. The Hall–Kier alpha value is -1.34. The van der Waals surface area contributed by atoms with E-state index in [2.05, 4.69) is 26.4 Å². The minimum Gasteiger partial charge on any atom is -0.463 e. The average molecular weight is 345 g/mol. The molecule has 0 unspecified atom stereocenters. The molecule has 1 aliphatic carbocycles. The largest absolute Gasteiger partial charge is 0.463 e. The molecule has 1 aromatic heterocycles. The highest BCUT2D eigenvalue weighted by molar-refractivity contribution is 9.10. The predicted molar refractivity (Wildman–Crippen MR) is 76.5 cm³/mol. The first-order valence-corrected chi connectivity index (χ1v) is 7.13. The Morgan fingerprint density at radius 2 is 2.25 bits per heavy atom. The van der Waals surface area contributed by atoms with Gasteiger partial charge in [0.1, 0.15) is 5.69 Å². The van der Waals surface area contributed by atoms with E-state index in [4.69, 9.17) is 14.3 Å². The molecule has 1 saturated carbocycles. The molecule has 1 fully saturated rings. The number of anilines is 1. The first-order valence-electron chi connectivity index (χ1n) is 6.34. The number of nitrogens with zero attached hydrogens (tertiary/aromatic N) is 1. The third-order valence-corrected chi connectivity index (χ3v) is 3.89. The Balaban J connectivity index is 2.25. The number of carbonyl (C=O) groups excluding carboxylic acids is 1. The van der Waals surface area contributed by atoms with Crippen molar-refractivity contribution in [1.82, 2.24) is 4.98 Å². The number of carbonyl (C=O) groups is 1. The lowest BCUT2D eigenvalue weighted by Crippen LogP contribution is -2.32. The number of hydrogen-bond donors (Lipinski definition) is 1. The van der Waals surface area contributed by atoms with Gasteiger partial charge >= 0.3 is 5.97 Å². The number of hydrogen-bond acceptors (Lipinski definition) is 6. The van der Waals surface area contributed by atoms with Crippen LogP contribution in [0.3, 0.4) is 0 Å². The molecule has 0 atom stereocenters. The maximum Gasteiger partial charge on any atom is 0.350 e. The van der Waals surface area contributed by atoms with Crippen LogP contribution in [0.25, 0.3) is 0 Å². The van der Waals surface area contributed by atoms with Gasteiger partial charge in [-0.05, 0) is 35.3 Å². The summed E-state index contributed by atoms with van der Waals surface area (Å²) >= 11 is 3.39. The van der Waals surface area contributed by atoms with Gasteiger partial charge in [0, 0.05) is 23.5 Å². The van der Waals surface area contributed by atoms with Crippen molar-refractivity contribution in [2.75, 3.05) is 19.2 Å². The number of ether oxygens (including phenoxy) is 2.